The summed E-state index contributed by atoms with van der Waals surface area (Å²) in [5, 5.41) is 33.7. The lowest BCUT2D eigenvalue weighted by atomic mass is 10.0. The number of aliphatic hydroxyl groups is 3. The van der Waals surface area contributed by atoms with Gasteiger partial charge in [-0.3, -0.25) is 4.79 Å². The highest BCUT2D eigenvalue weighted by Crippen LogP contribution is 2.16. The molecule has 5 nitrogen and oxygen atoms in total. The van der Waals surface area contributed by atoms with Crippen LogP contribution in [-0.2, 0) is 4.79 Å². The van der Waals surface area contributed by atoms with Gasteiger partial charge in [-0.15, -0.1) is 0 Å². The number of carbonyl (C=O) groups excluding carboxylic acids is 1. The predicted molar refractivity (Wildman–Crippen MR) is 264 cm³/mol. The van der Waals surface area contributed by atoms with Crippen LogP contribution in [0.3, 0.4) is 0 Å². The van der Waals surface area contributed by atoms with E-state index < -0.39 is 18.2 Å². The van der Waals surface area contributed by atoms with Crippen molar-refractivity contribution in [3.63, 3.8) is 0 Å². The molecule has 0 spiro atoms. The molecule has 0 saturated heterocycles. The van der Waals surface area contributed by atoms with Gasteiger partial charge in [0.2, 0.25) is 5.91 Å². The Hall–Kier alpha value is -1.43. The summed E-state index contributed by atoms with van der Waals surface area (Å²) in [5.41, 5.74) is 0. The molecule has 0 heterocycles. The fourth-order valence-corrected chi connectivity index (χ4v) is 8.29. The summed E-state index contributed by atoms with van der Waals surface area (Å²) >= 11 is 0. The van der Waals surface area contributed by atoms with Gasteiger partial charge < -0.3 is 20.6 Å². The molecule has 354 valence electrons. The second-order valence-corrected chi connectivity index (χ2v) is 18.4. The number of rotatable bonds is 49. The van der Waals surface area contributed by atoms with E-state index in [0.717, 1.165) is 44.9 Å². The van der Waals surface area contributed by atoms with Crippen molar-refractivity contribution in [2.75, 3.05) is 6.61 Å². The van der Waals surface area contributed by atoms with Crippen LogP contribution in [0.2, 0.25) is 0 Å². The van der Waals surface area contributed by atoms with Gasteiger partial charge in [0.05, 0.1) is 18.8 Å². The zero-order valence-corrected chi connectivity index (χ0v) is 40.4. The van der Waals surface area contributed by atoms with E-state index >= 15 is 0 Å². The Morgan fingerprint density at radius 1 is 0.400 bits per heavy atom. The second kappa shape index (κ2) is 50.2. The SMILES string of the molecule is CCCCCCCCCCCCCC/C=C\CCCCCCCCCCC(=O)NC(CO)C(O)C(O)CCC/C=C/CC/C=C/CCCCCCCCCCCCCCC. The molecule has 60 heavy (non-hydrogen) atoms. The lowest BCUT2D eigenvalue weighted by Crippen LogP contribution is -2.50. The molecule has 0 aromatic rings. The Balaban J connectivity index is 3.62. The lowest BCUT2D eigenvalue weighted by Gasteiger charge is -2.26. The number of allylic oxidation sites excluding steroid dienone is 6. The largest absolute Gasteiger partial charge is 0.394 e. The summed E-state index contributed by atoms with van der Waals surface area (Å²) in [4.78, 5) is 12.5. The van der Waals surface area contributed by atoms with Crippen molar-refractivity contribution in [3.8, 4) is 0 Å². The highest BCUT2D eigenvalue weighted by molar-refractivity contribution is 5.76. The molecule has 0 aromatic carbocycles. The Labute approximate surface area is 374 Å². The molecule has 0 aliphatic heterocycles. The number of hydrogen-bond donors (Lipinski definition) is 4. The summed E-state index contributed by atoms with van der Waals surface area (Å²) in [7, 11) is 0. The molecular formula is C55H105NO4. The molecule has 0 radical (unpaired) electrons. The predicted octanol–water partition coefficient (Wildman–Crippen LogP) is 16.3. The van der Waals surface area contributed by atoms with Crippen molar-refractivity contribution in [2.45, 2.75) is 302 Å². The van der Waals surface area contributed by atoms with Gasteiger partial charge in [0.25, 0.3) is 0 Å². The summed E-state index contributed by atoms with van der Waals surface area (Å²) in [6, 6.07) is -0.834. The van der Waals surface area contributed by atoms with Crippen LogP contribution < -0.4 is 5.32 Å². The first-order chi connectivity index (χ1) is 29.6. The van der Waals surface area contributed by atoms with Crippen molar-refractivity contribution in [1.82, 2.24) is 5.32 Å². The van der Waals surface area contributed by atoms with Gasteiger partial charge in [0, 0.05) is 6.42 Å². The van der Waals surface area contributed by atoms with Gasteiger partial charge in [-0.1, -0.05) is 237 Å². The van der Waals surface area contributed by atoms with Crippen molar-refractivity contribution >= 4 is 5.91 Å². The summed E-state index contributed by atoms with van der Waals surface area (Å²) in [6.45, 7) is 4.19. The maximum Gasteiger partial charge on any atom is 0.220 e. The molecule has 0 bridgehead atoms. The quantitative estimate of drug-likeness (QED) is 0.0363. The van der Waals surface area contributed by atoms with Crippen LogP contribution in [-0.4, -0.2) is 46.1 Å². The molecule has 3 atom stereocenters. The number of hydrogen-bond acceptors (Lipinski definition) is 4. The van der Waals surface area contributed by atoms with Crippen LogP contribution in [0, 0.1) is 0 Å². The number of unbranched alkanes of at least 4 members (excludes halogenated alkanes) is 35. The molecule has 3 unspecified atom stereocenters. The number of nitrogens with one attached hydrogen (secondary N) is 1. The zero-order chi connectivity index (χ0) is 43.7. The molecule has 0 fully saturated rings. The molecule has 4 N–H and O–H groups in total. The summed E-state index contributed by atoms with van der Waals surface area (Å²) in [6.07, 6.45) is 64.3. The van der Waals surface area contributed by atoms with E-state index in [1.165, 1.54) is 212 Å². The van der Waals surface area contributed by atoms with Gasteiger partial charge in [0.1, 0.15) is 6.10 Å². The van der Waals surface area contributed by atoms with Crippen molar-refractivity contribution in [2.24, 2.45) is 0 Å². The fraction of sp³-hybridized carbons (Fsp3) is 0.873. The minimum Gasteiger partial charge on any atom is -0.394 e. The van der Waals surface area contributed by atoms with E-state index in [-0.39, 0.29) is 12.5 Å². The van der Waals surface area contributed by atoms with E-state index in [1.54, 1.807) is 0 Å². The summed E-state index contributed by atoms with van der Waals surface area (Å²) in [5.74, 6) is -0.159. The van der Waals surface area contributed by atoms with E-state index in [4.69, 9.17) is 0 Å². The monoisotopic (exact) mass is 844 g/mol. The Kier molecular flexibility index (Phi) is 49.0. The van der Waals surface area contributed by atoms with Gasteiger partial charge >= 0.3 is 0 Å². The van der Waals surface area contributed by atoms with E-state index in [1.807, 2.05) is 0 Å². The van der Waals surface area contributed by atoms with Crippen LogP contribution in [0.4, 0.5) is 0 Å². The van der Waals surface area contributed by atoms with Crippen LogP contribution in [0.5, 0.6) is 0 Å². The lowest BCUT2D eigenvalue weighted by molar-refractivity contribution is -0.124. The number of carbonyl (C=O) groups is 1. The summed E-state index contributed by atoms with van der Waals surface area (Å²) < 4.78 is 0. The minimum atomic E-state index is -1.17. The van der Waals surface area contributed by atoms with Gasteiger partial charge in [0.15, 0.2) is 0 Å². The van der Waals surface area contributed by atoms with Gasteiger partial charge in [-0.05, 0) is 77.0 Å². The Bertz CT molecular complexity index is 931. The van der Waals surface area contributed by atoms with Crippen molar-refractivity contribution in [3.05, 3.63) is 36.5 Å². The van der Waals surface area contributed by atoms with E-state index in [0.29, 0.717) is 12.8 Å². The minimum absolute atomic E-state index is 0.159. The van der Waals surface area contributed by atoms with Gasteiger partial charge in [-0.2, -0.15) is 0 Å². The fourth-order valence-electron chi connectivity index (χ4n) is 8.29. The molecule has 0 aromatic heterocycles. The topological polar surface area (TPSA) is 89.8 Å². The van der Waals surface area contributed by atoms with Gasteiger partial charge in [-0.25, -0.2) is 0 Å². The normalized spacial score (nSPS) is 13.6. The third-order valence-electron chi connectivity index (χ3n) is 12.4. The van der Waals surface area contributed by atoms with Crippen LogP contribution in [0.15, 0.2) is 36.5 Å². The molecule has 1 amide bonds. The van der Waals surface area contributed by atoms with Crippen LogP contribution in [0.1, 0.15) is 284 Å². The average Bonchev–Trinajstić information content (AvgIpc) is 3.25. The number of aliphatic hydroxyl groups excluding tert-OH is 3. The first kappa shape index (κ1) is 58.6. The average molecular weight is 844 g/mol. The maximum atomic E-state index is 12.5. The Morgan fingerprint density at radius 2 is 0.683 bits per heavy atom. The molecular weight excluding hydrogens is 739 g/mol. The van der Waals surface area contributed by atoms with Crippen LogP contribution >= 0.6 is 0 Å². The molecule has 0 aliphatic carbocycles. The molecule has 0 aliphatic rings. The molecule has 0 rings (SSSR count). The highest BCUT2D eigenvalue weighted by Gasteiger charge is 2.26. The first-order valence-electron chi connectivity index (χ1n) is 26.8. The highest BCUT2D eigenvalue weighted by atomic mass is 16.3. The van der Waals surface area contributed by atoms with E-state index in [2.05, 4.69) is 55.6 Å². The van der Waals surface area contributed by atoms with E-state index in [9.17, 15) is 20.1 Å². The smallest absolute Gasteiger partial charge is 0.220 e. The zero-order valence-electron chi connectivity index (χ0n) is 40.4. The second-order valence-electron chi connectivity index (χ2n) is 18.4. The van der Waals surface area contributed by atoms with Crippen molar-refractivity contribution < 1.29 is 20.1 Å². The maximum absolute atomic E-state index is 12.5. The standard InChI is InChI=1S/C55H105NO4/c1-3-5-7-9-11-13-15-17-19-21-23-25-27-28-30-32-34-36-38-40-42-44-46-48-50-54(59)56-52(51-57)55(60)53(58)49-47-45-43-41-39-37-35-33-31-29-26-24-22-20-18-16-14-12-10-8-6-4-2/h28,30,33,35,41,43,52-53,55,57-58,60H,3-27,29,31-32,34,36-40,42,44-51H2,1-2H3,(H,56,59)/b30-28-,35-33+,43-41+. The number of amides is 1. The molecule has 5 heteroatoms. The Morgan fingerprint density at radius 3 is 1.02 bits per heavy atom. The molecule has 0 saturated carbocycles. The first-order valence-corrected chi connectivity index (χ1v) is 26.8. The third kappa shape index (κ3) is 44.6. The van der Waals surface area contributed by atoms with Crippen molar-refractivity contribution in [1.29, 1.82) is 0 Å². The van der Waals surface area contributed by atoms with Crippen LogP contribution in [0.25, 0.3) is 0 Å². The third-order valence-corrected chi connectivity index (χ3v) is 12.4.